The topological polar surface area (TPSA) is 38.1 Å². The van der Waals surface area contributed by atoms with Crippen LogP contribution in [0.4, 0.5) is 4.39 Å². The fourth-order valence-corrected chi connectivity index (χ4v) is 2.74. The highest BCUT2D eigenvalue weighted by Gasteiger charge is 2.16. The lowest BCUT2D eigenvalue weighted by molar-refractivity contribution is -0.129. The summed E-state index contributed by atoms with van der Waals surface area (Å²) in [4.78, 5) is 13.9. The first-order chi connectivity index (χ1) is 12.0. The molecule has 0 spiro atoms. The molecule has 2 aromatic carbocycles. The van der Waals surface area contributed by atoms with Gasteiger partial charge in [0, 0.05) is 35.9 Å². The molecule has 0 bridgehead atoms. The minimum absolute atomic E-state index is 0.0746. The van der Waals surface area contributed by atoms with E-state index < -0.39 is 5.82 Å². The molecule has 6 heteroatoms. The second-order valence-electron chi connectivity index (χ2n) is 5.76. The number of benzene rings is 2. The molecular weight excluding hydrogens is 341 g/mol. The molecule has 0 N–H and O–H groups in total. The summed E-state index contributed by atoms with van der Waals surface area (Å²) < 4.78 is 15.6. The third-order valence-corrected chi connectivity index (χ3v) is 4.25. The van der Waals surface area contributed by atoms with E-state index in [9.17, 15) is 9.18 Å². The number of rotatable bonds is 5. The lowest BCUT2D eigenvalue weighted by Crippen LogP contribution is -2.28. The van der Waals surface area contributed by atoms with Crippen LogP contribution in [-0.2, 0) is 17.8 Å². The molecule has 0 radical (unpaired) electrons. The van der Waals surface area contributed by atoms with Gasteiger partial charge in [-0.05, 0) is 24.3 Å². The van der Waals surface area contributed by atoms with Crippen molar-refractivity contribution in [3.05, 3.63) is 82.9 Å². The number of carbonyl (C=O) groups excluding carboxylic acids is 1. The van der Waals surface area contributed by atoms with Crippen molar-refractivity contribution in [2.45, 2.75) is 13.0 Å². The van der Waals surface area contributed by atoms with Crippen molar-refractivity contribution in [3.63, 3.8) is 0 Å². The molecular formula is C19H17ClFN3O. The maximum Gasteiger partial charge on any atom is 0.227 e. The summed E-state index contributed by atoms with van der Waals surface area (Å²) >= 11 is 5.99. The first-order valence-corrected chi connectivity index (χ1v) is 8.18. The van der Waals surface area contributed by atoms with E-state index in [0.717, 1.165) is 11.3 Å². The van der Waals surface area contributed by atoms with Gasteiger partial charge in [0.1, 0.15) is 5.82 Å². The fraction of sp³-hybridized carbons (Fsp3) is 0.158. The van der Waals surface area contributed by atoms with Crippen LogP contribution in [-0.4, -0.2) is 27.6 Å². The number of nitrogens with zero attached hydrogens (tertiary/aromatic N) is 3. The van der Waals surface area contributed by atoms with E-state index >= 15 is 0 Å². The molecule has 0 aliphatic rings. The van der Waals surface area contributed by atoms with Gasteiger partial charge < -0.3 is 4.90 Å². The molecule has 0 saturated carbocycles. The lowest BCUT2D eigenvalue weighted by atomic mass is 10.1. The Bertz CT molecular complexity index is 859. The number of amides is 1. The van der Waals surface area contributed by atoms with Crippen LogP contribution in [0.25, 0.3) is 5.69 Å². The zero-order valence-electron chi connectivity index (χ0n) is 13.7. The van der Waals surface area contributed by atoms with Crippen LogP contribution < -0.4 is 0 Å². The van der Waals surface area contributed by atoms with E-state index in [1.54, 1.807) is 24.0 Å². The van der Waals surface area contributed by atoms with E-state index in [-0.39, 0.29) is 22.9 Å². The molecule has 0 saturated heterocycles. The van der Waals surface area contributed by atoms with Gasteiger partial charge >= 0.3 is 0 Å². The van der Waals surface area contributed by atoms with Gasteiger partial charge in [0.05, 0.1) is 18.3 Å². The van der Waals surface area contributed by atoms with E-state index in [0.29, 0.717) is 6.54 Å². The van der Waals surface area contributed by atoms with Crippen molar-refractivity contribution in [3.8, 4) is 5.69 Å². The summed E-state index contributed by atoms with van der Waals surface area (Å²) in [6.07, 6.45) is 3.51. The Hall–Kier alpha value is -2.66. The number of hydrogen-bond donors (Lipinski definition) is 0. The van der Waals surface area contributed by atoms with Crippen molar-refractivity contribution in [2.24, 2.45) is 0 Å². The van der Waals surface area contributed by atoms with Gasteiger partial charge in [-0.3, -0.25) is 4.79 Å². The third kappa shape index (κ3) is 4.06. The highest BCUT2D eigenvalue weighted by atomic mass is 35.5. The molecule has 0 aliphatic heterocycles. The van der Waals surface area contributed by atoms with Crippen LogP contribution in [0.5, 0.6) is 0 Å². The average Bonchev–Trinajstić information content (AvgIpc) is 3.07. The quantitative estimate of drug-likeness (QED) is 0.695. The SMILES string of the molecule is CN(Cc1cnn(-c2ccccc2)c1)C(=O)Cc1c(F)cccc1Cl. The normalized spacial score (nSPS) is 10.7. The maximum absolute atomic E-state index is 13.8. The van der Waals surface area contributed by atoms with Gasteiger partial charge in [-0.25, -0.2) is 9.07 Å². The molecule has 1 aromatic heterocycles. The van der Waals surface area contributed by atoms with E-state index in [1.165, 1.54) is 17.0 Å². The molecule has 3 rings (SSSR count). The molecule has 128 valence electrons. The first kappa shape index (κ1) is 17.2. The van der Waals surface area contributed by atoms with Crippen LogP contribution in [0.3, 0.4) is 0 Å². The predicted octanol–water partition coefficient (Wildman–Crippen LogP) is 3.87. The molecule has 25 heavy (non-hydrogen) atoms. The lowest BCUT2D eigenvalue weighted by Gasteiger charge is -2.17. The van der Waals surface area contributed by atoms with Crippen molar-refractivity contribution in [1.82, 2.24) is 14.7 Å². The van der Waals surface area contributed by atoms with E-state index in [4.69, 9.17) is 11.6 Å². The Balaban J connectivity index is 1.67. The molecule has 0 aliphatic carbocycles. The Kier molecular flexibility index (Phi) is 5.14. The molecule has 1 amide bonds. The smallest absolute Gasteiger partial charge is 0.227 e. The van der Waals surface area contributed by atoms with Crippen molar-refractivity contribution >= 4 is 17.5 Å². The number of likely N-dealkylation sites (N-methyl/N-ethyl adjacent to an activating group) is 1. The average molecular weight is 358 g/mol. The van der Waals surface area contributed by atoms with Crippen LogP contribution >= 0.6 is 11.6 Å². The number of carbonyl (C=O) groups is 1. The Labute approximate surface area is 150 Å². The summed E-state index contributed by atoms with van der Waals surface area (Å²) in [5, 5.41) is 4.57. The maximum atomic E-state index is 13.8. The molecule has 4 nitrogen and oxygen atoms in total. The van der Waals surface area contributed by atoms with Gasteiger partial charge in [-0.1, -0.05) is 35.9 Å². The number of para-hydroxylation sites is 1. The Morgan fingerprint density at radius 2 is 1.96 bits per heavy atom. The van der Waals surface area contributed by atoms with Crippen LogP contribution in [0, 0.1) is 5.82 Å². The second kappa shape index (κ2) is 7.49. The van der Waals surface area contributed by atoms with Crippen molar-refractivity contribution < 1.29 is 9.18 Å². The highest BCUT2D eigenvalue weighted by molar-refractivity contribution is 6.31. The minimum Gasteiger partial charge on any atom is -0.341 e. The first-order valence-electron chi connectivity index (χ1n) is 7.80. The van der Waals surface area contributed by atoms with Crippen molar-refractivity contribution in [1.29, 1.82) is 0 Å². The summed E-state index contributed by atoms with van der Waals surface area (Å²) in [5.74, 6) is -0.675. The molecule has 0 atom stereocenters. The number of hydrogen-bond acceptors (Lipinski definition) is 2. The zero-order valence-corrected chi connectivity index (χ0v) is 14.4. The molecule has 1 heterocycles. The minimum atomic E-state index is -0.467. The van der Waals surface area contributed by atoms with Gasteiger partial charge in [0.15, 0.2) is 0 Å². The van der Waals surface area contributed by atoms with Gasteiger partial charge in [0.25, 0.3) is 0 Å². The van der Waals surface area contributed by atoms with Crippen LogP contribution in [0.1, 0.15) is 11.1 Å². The summed E-state index contributed by atoms with van der Waals surface area (Å²) in [6, 6.07) is 14.1. The Morgan fingerprint density at radius 1 is 1.20 bits per heavy atom. The van der Waals surface area contributed by atoms with E-state index in [2.05, 4.69) is 5.10 Å². The van der Waals surface area contributed by atoms with Gasteiger partial charge in [0.2, 0.25) is 5.91 Å². The van der Waals surface area contributed by atoms with Crippen molar-refractivity contribution in [2.75, 3.05) is 7.05 Å². The monoisotopic (exact) mass is 357 g/mol. The summed E-state index contributed by atoms with van der Waals surface area (Å²) in [5.41, 5.74) is 2.06. The highest BCUT2D eigenvalue weighted by Crippen LogP contribution is 2.20. The van der Waals surface area contributed by atoms with E-state index in [1.807, 2.05) is 36.5 Å². The molecule has 3 aromatic rings. The Morgan fingerprint density at radius 3 is 2.68 bits per heavy atom. The number of aromatic nitrogens is 2. The standard InChI is InChI=1S/C19H17ClFN3O/c1-23(19(25)10-16-17(20)8-5-9-18(16)21)12-14-11-22-24(13-14)15-6-3-2-4-7-15/h2-9,11,13H,10,12H2,1H3. The molecule has 0 unspecified atom stereocenters. The number of halogens is 2. The third-order valence-electron chi connectivity index (χ3n) is 3.89. The van der Waals surface area contributed by atoms with Crippen LogP contribution in [0.15, 0.2) is 60.9 Å². The molecule has 0 fully saturated rings. The van der Waals surface area contributed by atoms with Gasteiger partial charge in [-0.2, -0.15) is 5.10 Å². The largest absolute Gasteiger partial charge is 0.341 e. The fourth-order valence-electron chi connectivity index (χ4n) is 2.51. The predicted molar refractivity (Wildman–Crippen MR) is 95.2 cm³/mol. The summed E-state index contributed by atoms with van der Waals surface area (Å²) in [6.45, 7) is 0.387. The summed E-state index contributed by atoms with van der Waals surface area (Å²) in [7, 11) is 1.68. The van der Waals surface area contributed by atoms with Crippen LogP contribution in [0.2, 0.25) is 5.02 Å². The second-order valence-corrected chi connectivity index (χ2v) is 6.16. The zero-order chi connectivity index (χ0) is 17.8. The van der Waals surface area contributed by atoms with Gasteiger partial charge in [-0.15, -0.1) is 0 Å².